The molecule has 1 aliphatic rings. The van der Waals surface area contributed by atoms with Gasteiger partial charge in [-0.3, -0.25) is 14.2 Å². The van der Waals surface area contributed by atoms with Crippen molar-refractivity contribution < 1.29 is 9.90 Å². The van der Waals surface area contributed by atoms with Crippen LogP contribution in [-0.2, 0) is 17.9 Å². The summed E-state index contributed by atoms with van der Waals surface area (Å²) in [7, 11) is 0. The van der Waals surface area contributed by atoms with Gasteiger partial charge in [-0.15, -0.1) is 0 Å². The smallest absolute Gasteiger partial charge is 0.264 e. The van der Waals surface area contributed by atoms with Gasteiger partial charge in [0.25, 0.3) is 5.56 Å². The molecule has 124 valence electrons. The van der Waals surface area contributed by atoms with Crippen molar-refractivity contribution in [1.29, 1.82) is 0 Å². The highest BCUT2D eigenvalue weighted by Crippen LogP contribution is 2.17. The molecule has 1 amide bonds. The number of aliphatic hydroxyl groups is 1. The van der Waals surface area contributed by atoms with E-state index in [0.717, 1.165) is 25.7 Å². The third-order valence-corrected chi connectivity index (χ3v) is 4.22. The number of carbonyl (C=O) groups excluding carboxylic acids is 1. The maximum absolute atomic E-state index is 12.4. The van der Waals surface area contributed by atoms with Gasteiger partial charge in [0.1, 0.15) is 18.3 Å². The molecule has 0 atom stereocenters. The normalized spacial score (nSPS) is 15.9. The van der Waals surface area contributed by atoms with Crippen LogP contribution >= 0.6 is 0 Å². The Balaban J connectivity index is 1.73. The first kappa shape index (κ1) is 15.7. The molecule has 8 nitrogen and oxygen atoms in total. The second-order valence-electron chi connectivity index (χ2n) is 5.91. The zero-order valence-corrected chi connectivity index (χ0v) is 12.9. The van der Waals surface area contributed by atoms with Gasteiger partial charge in [0.05, 0.1) is 19.3 Å². The van der Waals surface area contributed by atoms with Crippen LogP contribution in [0.1, 0.15) is 32.1 Å². The summed E-state index contributed by atoms with van der Waals surface area (Å²) in [5, 5.41) is 16.4. The number of fused-ring (bicyclic) bond motifs is 1. The maximum atomic E-state index is 12.4. The molecule has 1 saturated carbocycles. The van der Waals surface area contributed by atoms with Crippen LogP contribution in [0.15, 0.2) is 17.3 Å². The van der Waals surface area contributed by atoms with E-state index < -0.39 is 0 Å². The summed E-state index contributed by atoms with van der Waals surface area (Å²) in [5.41, 5.74) is 0.131. The molecule has 8 heteroatoms. The molecule has 0 aliphatic heterocycles. The summed E-state index contributed by atoms with van der Waals surface area (Å²) in [6.07, 6.45) is 8.31. The molecule has 0 spiro atoms. The largest absolute Gasteiger partial charge is 0.394 e. The lowest BCUT2D eigenvalue weighted by atomic mass is 9.95. The Morgan fingerprint density at radius 1 is 1.35 bits per heavy atom. The number of amides is 1. The van der Waals surface area contributed by atoms with Crippen molar-refractivity contribution in [3.63, 3.8) is 0 Å². The Morgan fingerprint density at radius 2 is 2.13 bits per heavy atom. The van der Waals surface area contributed by atoms with Gasteiger partial charge >= 0.3 is 0 Å². The fourth-order valence-corrected chi connectivity index (χ4v) is 3.04. The molecule has 0 saturated heterocycles. The molecule has 2 N–H and O–H groups in total. The Labute approximate surface area is 133 Å². The molecule has 0 unspecified atom stereocenters. The molecule has 0 bridgehead atoms. The zero-order chi connectivity index (χ0) is 16.2. The highest BCUT2D eigenvalue weighted by molar-refractivity contribution is 5.77. The molecule has 2 aromatic rings. The van der Waals surface area contributed by atoms with E-state index in [1.165, 1.54) is 28.2 Å². The molecule has 0 radical (unpaired) electrons. The van der Waals surface area contributed by atoms with Gasteiger partial charge in [-0.05, 0) is 12.8 Å². The first-order valence-electron chi connectivity index (χ1n) is 8.00. The number of carbonyl (C=O) groups is 1. The summed E-state index contributed by atoms with van der Waals surface area (Å²) < 4.78 is 2.77. The fraction of sp³-hybridized carbons (Fsp3) is 0.600. The number of rotatable bonds is 5. The second kappa shape index (κ2) is 6.91. The number of nitrogens with zero attached hydrogens (tertiary/aromatic N) is 4. The van der Waals surface area contributed by atoms with Crippen LogP contribution in [0, 0.1) is 0 Å². The molecule has 2 aromatic heterocycles. The van der Waals surface area contributed by atoms with Gasteiger partial charge in [-0.2, -0.15) is 5.10 Å². The van der Waals surface area contributed by atoms with Crippen LogP contribution in [0.4, 0.5) is 0 Å². The van der Waals surface area contributed by atoms with E-state index in [9.17, 15) is 9.59 Å². The monoisotopic (exact) mass is 319 g/mol. The van der Waals surface area contributed by atoms with E-state index in [1.54, 1.807) is 0 Å². The Hall–Kier alpha value is -2.22. The minimum absolute atomic E-state index is 0.0382. The molecule has 1 fully saturated rings. The SMILES string of the molecule is O=C(Cn1cnc2c(cnn2CCO)c1=O)NC1CCCCC1. The lowest BCUT2D eigenvalue weighted by Crippen LogP contribution is -2.39. The van der Waals surface area contributed by atoms with Crippen molar-refractivity contribution in [3.8, 4) is 0 Å². The number of nitrogens with one attached hydrogen (secondary N) is 1. The summed E-state index contributed by atoms with van der Waals surface area (Å²) in [6, 6.07) is 0.218. The van der Waals surface area contributed by atoms with E-state index >= 15 is 0 Å². The van der Waals surface area contributed by atoms with E-state index in [1.807, 2.05) is 0 Å². The van der Waals surface area contributed by atoms with E-state index in [-0.39, 0.29) is 37.2 Å². The number of hydrogen-bond acceptors (Lipinski definition) is 5. The van der Waals surface area contributed by atoms with Crippen LogP contribution in [-0.4, -0.2) is 43.0 Å². The predicted octanol–water partition coefficient (Wildman–Crippen LogP) is 0.0342. The first-order valence-corrected chi connectivity index (χ1v) is 8.00. The van der Waals surface area contributed by atoms with Crippen LogP contribution in [0.25, 0.3) is 11.0 Å². The second-order valence-corrected chi connectivity index (χ2v) is 5.91. The van der Waals surface area contributed by atoms with Crippen molar-refractivity contribution in [2.24, 2.45) is 0 Å². The number of aliphatic hydroxyl groups excluding tert-OH is 1. The molecule has 23 heavy (non-hydrogen) atoms. The van der Waals surface area contributed by atoms with Crippen molar-refractivity contribution in [1.82, 2.24) is 24.6 Å². The van der Waals surface area contributed by atoms with E-state index in [0.29, 0.717) is 11.0 Å². The summed E-state index contributed by atoms with van der Waals surface area (Å²) in [6.45, 7) is 0.164. The lowest BCUT2D eigenvalue weighted by molar-refractivity contribution is -0.122. The predicted molar refractivity (Wildman–Crippen MR) is 83.9 cm³/mol. The average molecular weight is 319 g/mol. The summed E-state index contributed by atoms with van der Waals surface area (Å²) in [5.74, 6) is -0.164. The molecule has 0 aromatic carbocycles. The molecule has 3 rings (SSSR count). The van der Waals surface area contributed by atoms with Gasteiger partial charge in [0.15, 0.2) is 5.65 Å². The van der Waals surface area contributed by atoms with Crippen LogP contribution in [0.5, 0.6) is 0 Å². The highest BCUT2D eigenvalue weighted by Gasteiger charge is 2.17. The zero-order valence-electron chi connectivity index (χ0n) is 12.9. The van der Waals surface area contributed by atoms with Crippen molar-refractivity contribution >= 4 is 16.9 Å². The quantitative estimate of drug-likeness (QED) is 0.810. The molecular formula is C15H21N5O3. The highest BCUT2D eigenvalue weighted by atomic mass is 16.3. The fourth-order valence-electron chi connectivity index (χ4n) is 3.04. The number of hydrogen-bond donors (Lipinski definition) is 2. The van der Waals surface area contributed by atoms with Gasteiger partial charge in [0, 0.05) is 6.04 Å². The van der Waals surface area contributed by atoms with Crippen LogP contribution < -0.4 is 10.9 Å². The third kappa shape index (κ3) is 3.42. The standard InChI is InChI=1S/C15H21N5O3/c21-7-6-20-14-12(8-17-20)15(23)19(10-16-14)9-13(22)18-11-4-2-1-3-5-11/h8,10-11,21H,1-7,9H2,(H,18,22). The third-order valence-electron chi connectivity index (χ3n) is 4.22. The minimum atomic E-state index is -0.294. The topological polar surface area (TPSA) is 102 Å². The minimum Gasteiger partial charge on any atom is -0.394 e. The summed E-state index contributed by atoms with van der Waals surface area (Å²) in [4.78, 5) is 28.7. The molecule has 2 heterocycles. The van der Waals surface area contributed by atoms with Crippen molar-refractivity contribution in [3.05, 3.63) is 22.9 Å². The van der Waals surface area contributed by atoms with Crippen molar-refractivity contribution in [2.75, 3.05) is 6.61 Å². The average Bonchev–Trinajstić information content (AvgIpc) is 2.95. The first-order chi connectivity index (χ1) is 11.2. The van der Waals surface area contributed by atoms with Gasteiger partial charge in [-0.1, -0.05) is 19.3 Å². The van der Waals surface area contributed by atoms with E-state index in [4.69, 9.17) is 5.11 Å². The van der Waals surface area contributed by atoms with Crippen LogP contribution in [0.3, 0.4) is 0 Å². The Kier molecular flexibility index (Phi) is 4.71. The molecular weight excluding hydrogens is 298 g/mol. The lowest BCUT2D eigenvalue weighted by Gasteiger charge is -2.22. The van der Waals surface area contributed by atoms with E-state index in [2.05, 4.69) is 15.4 Å². The van der Waals surface area contributed by atoms with Gasteiger partial charge < -0.3 is 10.4 Å². The van der Waals surface area contributed by atoms with Crippen LogP contribution in [0.2, 0.25) is 0 Å². The van der Waals surface area contributed by atoms with Gasteiger partial charge in [0.2, 0.25) is 5.91 Å². The van der Waals surface area contributed by atoms with Gasteiger partial charge in [-0.25, -0.2) is 9.67 Å². The summed E-state index contributed by atoms with van der Waals surface area (Å²) >= 11 is 0. The maximum Gasteiger partial charge on any atom is 0.264 e. The van der Waals surface area contributed by atoms with Crippen molar-refractivity contribution in [2.45, 2.75) is 51.2 Å². The Bertz CT molecular complexity index is 745. The Morgan fingerprint density at radius 3 is 2.87 bits per heavy atom. The molecule has 1 aliphatic carbocycles. The number of aromatic nitrogens is 4.